The molecule has 1 rings (SSSR count). The van der Waals surface area contributed by atoms with Gasteiger partial charge in [0.1, 0.15) is 12.6 Å². The summed E-state index contributed by atoms with van der Waals surface area (Å²) >= 11 is 0. The Morgan fingerprint density at radius 2 is 1.53 bits per heavy atom. The number of primary amides is 1. The molecule has 0 heterocycles. The average molecular weight is 694 g/mol. The summed E-state index contributed by atoms with van der Waals surface area (Å²) in [5.74, 6) is -1.21. The molecule has 6 amide bonds. The van der Waals surface area contributed by atoms with E-state index in [4.69, 9.17) is 16.2 Å². The molecular weight excluding hydrogens is 630 g/mol. The highest BCUT2D eigenvalue weighted by atomic mass is 16.6. The molecule has 15 nitrogen and oxygen atoms in total. The van der Waals surface area contributed by atoms with Crippen molar-refractivity contribution in [2.24, 2.45) is 11.5 Å². The summed E-state index contributed by atoms with van der Waals surface area (Å²) in [6.45, 7) is 11.7. The summed E-state index contributed by atoms with van der Waals surface area (Å²) in [4.78, 5) is 64.1. The maximum absolute atomic E-state index is 13.1. The first-order valence-corrected chi connectivity index (χ1v) is 17.0. The highest BCUT2D eigenvalue weighted by molar-refractivity contribution is 5.97. The predicted molar refractivity (Wildman–Crippen MR) is 196 cm³/mol. The molecule has 0 radical (unpaired) electrons. The van der Waals surface area contributed by atoms with Crippen LogP contribution in [0.1, 0.15) is 72.3 Å². The van der Waals surface area contributed by atoms with E-state index < -0.39 is 30.0 Å². The summed E-state index contributed by atoms with van der Waals surface area (Å²) in [5, 5.41) is 13.6. The molecule has 9 N–H and O–H groups in total. The van der Waals surface area contributed by atoms with Crippen molar-refractivity contribution in [1.82, 2.24) is 31.1 Å². The molecule has 0 saturated carbocycles. The van der Waals surface area contributed by atoms with E-state index in [0.29, 0.717) is 30.9 Å². The van der Waals surface area contributed by atoms with Crippen molar-refractivity contribution in [3.8, 4) is 0 Å². The number of carbonyl (C=O) groups is 5. The summed E-state index contributed by atoms with van der Waals surface area (Å²) in [7, 11) is 5.52. The predicted octanol–water partition coefficient (Wildman–Crippen LogP) is 2.48. The summed E-state index contributed by atoms with van der Waals surface area (Å²) in [6.07, 6.45) is 4.95. The lowest BCUT2D eigenvalue weighted by Gasteiger charge is -2.20. The Balaban J connectivity index is 0. The summed E-state index contributed by atoms with van der Waals surface area (Å²) in [6, 6.07) is 5.21. The maximum atomic E-state index is 13.1. The summed E-state index contributed by atoms with van der Waals surface area (Å²) < 4.78 is 5.35. The number of unbranched alkanes of at least 4 members (excludes halogenated alkanes) is 1. The van der Waals surface area contributed by atoms with Crippen LogP contribution >= 0.6 is 0 Å². The number of benzene rings is 1. The molecular formula is C34H63N9O6. The van der Waals surface area contributed by atoms with Crippen LogP contribution in [0.15, 0.2) is 36.0 Å². The van der Waals surface area contributed by atoms with Crippen molar-refractivity contribution in [3.63, 3.8) is 0 Å². The van der Waals surface area contributed by atoms with Gasteiger partial charge >= 0.3 is 12.1 Å². The third-order valence-electron chi connectivity index (χ3n) is 6.22. The van der Waals surface area contributed by atoms with Gasteiger partial charge in [-0.15, -0.1) is 0 Å². The van der Waals surface area contributed by atoms with E-state index in [-0.39, 0.29) is 45.1 Å². The second-order valence-corrected chi connectivity index (χ2v) is 11.1. The smallest absolute Gasteiger partial charge is 0.409 e. The molecule has 0 aromatic heterocycles. The molecule has 0 bridgehead atoms. The van der Waals surface area contributed by atoms with Gasteiger partial charge in [0.15, 0.2) is 0 Å². The standard InChI is InChI=1S/C29H49N9O6.C3H8.C2H6/c1-5-6-8-23(18-34-25(39)17-30)33-19-26(40)36-24(9-7-14-32-28(31)42)27(41)35-22-12-10-21(11-13-22)20-44-29(43)38(4)16-15-37(2)3;1-3-2;1-2/h8,10-13,24,33H,5-7,9,14-20,30H2,1-4H3,(H,34,39)(H,35,41)(H,36,40)(H3,31,32,42);3H2,1-2H3;1-2H3/b23-8-;;. The lowest BCUT2D eigenvalue weighted by Crippen LogP contribution is -2.47. The normalized spacial score (nSPS) is 11.0. The topological polar surface area (TPSA) is 213 Å². The van der Waals surface area contributed by atoms with E-state index in [9.17, 15) is 24.0 Å². The number of nitrogens with two attached hydrogens (primary N) is 2. The molecule has 0 fully saturated rings. The fraction of sp³-hybridized carbons (Fsp3) is 0.618. The number of allylic oxidation sites excluding steroid dienone is 1. The van der Waals surface area contributed by atoms with Crippen molar-refractivity contribution in [1.29, 1.82) is 0 Å². The van der Waals surface area contributed by atoms with Gasteiger partial charge in [-0.25, -0.2) is 9.59 Å². The molecule has 15 heteroatoms. The number of amides is 6. The molecule has 0 aliphatic rings. The van der Waals surface area contributed by atoms with Crippen LogP contribution in [0, 0.1) is 0 Å². The fourth-order valence-corrected chi connectivity index (χ4v) is 3.63. The third-order valence-corrected chi connectivity index (χ3v) is 6.22. The number of hydrogen-bond acceptors (Lipinski definition) is 9. The minimum absolute atomic E-state index is 0.0719. The van der Waals surface area contributed by atoms with E-state index in [1.807, 2.05) is 45.8 Å². The molecule has 49 heavy (non-hydrogen) atoms. The molecule has 1 atom stereocenters. The number of hydrogen-bond donors (Lipinski definition) is 7. The number of anilines is 1. The fourth-order valence-electron chi connectivity index (χ4n) is 3.63. The minimum Gasteiger partial charge on any atom is -0.445 e. The second-order valence-electron chi connectivity index (χ2n) is 11.1. The largest absolute Gasteiger partial charge is 0.445 e. The number of carbonyl (C=O) groups excluding carboxylic acids is 5. The number of urea groups is 1. The van der Waals surface area contributed by atoms with Gasteiger partial charge in [-0.2, -0.15) is 0 Å². The lowest BCUT2D eigenvalue weighted by atomic mass is 10.1. The number of ether oxygens (including phenoxy) is 1. The zero-order valence-electron chi connectivity index (χ0n) is 30.9. The van der Waals surface area contributed by atoms with Gasteiger partial charge in [-0.1, -0.05) is 65.7 Å². The van der Waals surface area contributed by atoms with Gasteiger partial charge in [0, 0.05) is 38.1 Å². The monoisotopic (exact) mass is 693 g/mol. The van der Waals surface area contributed by atoms with Crippen LogP contribution in [0.25, 0.3) is 0 Å². The molecule has 0 aliphatic carbocycles. The first kappa shape index (κ1) is 46.7. The quantitative estimate of drug-likeness (QED) is 0.0998. The summed E-state index contributed by atoms with van der Waals surface area (Å²) in [5.41, 5.74) is 12.3. The van der Waals surface area contributed by atoms with Gasteiger partial charge in [-0.05, 0) is 51.1 Å². The van der Waals surface area contributed by atoms with Crippen LogP contribution in [0.2, 0.25) is 0 Å². The van der Waals surface area contributed by atoms with Crippen LogP contribution in [-0.4, -0.2) is 106 Å². The van der Waals surface area contributed by atoms with E-state index in [0.717, 1.165) is 18.4 Å². The van der Waals surface area contributed by atoms with Gasteiger partial charge < -0.3 is 52.6 Å². The number of rotatable bonds is 20. The van der Waals surface area contributed by atoms with Gasteiger partial charge in [0.25, 0.3) is 0 Å². The Bertz CT molecular complexity index is 1110. The highest BCUT2D eigenvalue weighted by Gasteiger charge is 2.21. The molecule has 1 unspecified atom stereocenters. The SMILES string of the molecule is CC.CCC.CCC/C=C(/CNC(=O)CN)NCC(=O)NC(CCCNC(N)=O)C(=O)Nc1ccc(COC(=O)N(C)CCN(C)C)cc1. The third kappa shape index (κ3) is 25.3. The van der Waals surface area contributed by atoms with E-state index >= 15 is 0 Å². The van der Waals surface area contributed by atoms with Crippen molar-refractivity contribution in [3.05, 3.63) is 41.6 Å². The van der Waals surface area contributed by atoms with Crippen LogP contribution in [0.4, 0.5) is 15.3 Å². The lowest BCUT2D eigenvalue weighted by molar-refractivity contribution is -0.126. The van der Waals surface area contributed by atoms with E-state index in [1.54, 1.807) is 31.3 Å². The van der Waals surface area contributed by atoms with Gasteiger partial charge in [0.05, 0.1) is 19.6 Å². The number of nitrogens with one attached hydrogen (secondary N) is 5. The minimum atomic E-state index is -0.905. The zero-order chi connectivity index (χ0) is 37.6. The van der Waals surface area contributed by atoms with E-state index in [2.05, 4.69) is 40.4 Å². The first-order chi connectivity index (χ1) is 23.4. The number of likely N-dealkylation sites (N-methyl/N-ethyl adjacent to an activating group) is 2. The maximum Gasteiger partial charge on any atom is 0.409 e. The highest BCUT2D eigenvalue weighted by Crippen LogP contribution is 2.12. The zero-order valence-corrected chi connectivity index (χ0v) is 30.9. The van der Waals surface area contributed by atoms with E-state index in [1.165, 1.54) is 11.3 Å². The first-order valence-electron chi connectivity index (χ1n) is 17.0. The van der Waals surface area contributed by atoms with Gasteiger partial charge in [0.2, 0.25) is 17.7 Å². The Morgan fingerprint density at radius 1 is 0.898 bits per heavy atom. The van der Waals surface area contributed by atoms with Crippen molar-refractivity contribution in [2.45, 2.75) is 79.4 Å². The average Bonchev–Trinajstić information content (AvgIpc) is 3.08. The van der Waals surface area contributed by atoms with Crippen molar-refractivity contribution < 1.29 is 28.7 Å². The molecule has 1 aromatic carbocycles. The van der Waals surface area contributed by atoms with Crippen molar-refractivity contribution >= 4 is 35.5 Å². The van der Waals surface area contributed by atoms with Crippen molar-refractivity contribution in [2.75, 3.05) is 65.7 Å². The van der Waals surface area contributed by atoms with Crippen LogP contribution in [0.3, 0.4) is 0 Å². The second kappa shape index (κ2) is 29.7. The Labute approximate surface area is 293 Å². The Kier molecular flexibility index (Phi) is 28.4. The molecule has 0 spiro atoms. The Hall–Kier alpha value is -4.37. The molecule has 0 aliphatic heterocycles. The van der Waals surface area contributed by atoms with Crippen LogP contribution in [-0.2, 0) is 25.7 Å². The molecule has 280 valence electrons. The molecule has 0 saturated heterocycles. The Morgan fingerprint density at radius 3 is 2.08 bits per heavy atom. The number of nitrogens with zero attached hydrogens (tertiary/aromatic N) is 2. The van der Waals surface area contributed by atoms with Crippen LogP contribution in [0.5, 0.6) is 0 Å². The molecule has 1 aromatic rings. The van der Waals surface area contributed by atoms with Crippen LogP contribution < -0.4 is 38.1 Å². The van der Waals surface area contributed by atoms with Gasteiger partial charge in [-0.3, -0.25) is 14.4 Å².